The van der Waals surface area contributed by atoms with E-state index in [9.17, 15) is 4.79 Å². The molecule has 4 aliphatic rings. The van der Waals surface area contributed by atoms with Crippen LogP contribution < -0.4 is 0 Å². The topological polar surface area (TPSA) is 79.7 Å². The Balaban J connectivity index is 1.25. The third-order valence-electron chi connectivity index (χ3n) is 6.57. The molecule has 4 heterocycles. The number of imidazole rings is 1. The molecule has 2 aliphatic heterocycles. The normalized spacial score (nSPS) is 27.9. The van der Waals surface area contributed by atoms with E-state index in [0.29, 0.717) is 23.4 Å². The van der Waals surface area contributed by atoms with Crippen molar-refractivity contribution >= 4 is 5.91 Å². The number of aromatic amines is 1. The highest BCUT2D eigenvalue weighted by Crippen LogP contribution is 2.47. The smallest absolute Gasteiger partial charge is 0.274 e. The van der Waals surface area contributed by atoms with E-state index in [-0.39, 0.29) is 5.91 Å². The van der Waals surface area contributed by atoms with Crippen LogP contribution >= 0.6 is 0 Å². The molecule has 7 heteroatoms. The molecule has 2 aromatic rings. The maximum Gasteiger partial charge on any atom is 0.274 e. The number of hydrogen-bond donors (Lipinski definition) is 1. The number of rotatable bonds is 4. The highest BCUT2D eigenvalue weighted by Gasteiger charge is 2.46. The first-order valence-corrected chi connectivity index (χ1v) is 10.0. The van der Waals surface area contributed by atoms with Gasteiger partial charge in [0.15, 0.2) is 5.82 Å². The zero-order valence-corrected chi connectivity index (χ0v) is 14.9. The minimum atomic E-state index is 0.0852. The number of amides is 1. The van der Waals surface area contributed by atoms with Crippen molar-refractivity contribution < 1.29 is 4.79 Å². The van der Waals surface area contributed by atoms with Crippen LogP contribution in [0.5, 0.6) is 0 Å². The van der Waals surface area contributed by atoms with Crippen LogP contribution in [-0.4, -0.2) is 48.6 Å². The summed E-state index contributed by atoms with van der Waals surface area (Å²) in [7, 11) is 0. The van der Waals surface area contributed by atoms with Gasteiger partial charge < -0.3 is 9.47 Å². The summed E-state index contributed by atoms with van der Waals surface area (Å²) >= 11 is 0. The zero-order valence-electron chi connectivity index (χ0n) is 14.9. The Morgan fingerprint density at radius 1 is 1.15 bits per heavy atom. The number of carbonyl (C=O) groups is 1. The number of hydrogen-bond acceptors (Lipinski definition) is 4. The predicted molar refractivity (Wildman–Crippen MR) is 93.8 cm³/mol. The summed E-state index contributed by atoms with van der Waals surface area (Å²) in [5, 5.41) is 7.64. The first kappa shape index (κ1) is 14.9. The second kappa shape index (κ2) is 5.41. The molecule has 2 saturated carbocycles. The van der Waals surface area contributed by atoms with Gasteiger partial charge in [0.25, 0.3) is 5.91 Å². The van der Waals surface area contributed by atoms with E-state index in [1.165, 1.54) is 25.7 Å². The minimum Gasteiger partial charge on any atom is -0.336 e. The van der Waals surface area contributed by atoms with Crippen LogP contribution in [0.3, 0.4) is 0 Å². The van der Waals surface area contributed by atoms with Gasteiger partial charge in [-0.25, -0.2) is 9.97 Å². The summed E-state index contributed by atoms with van der Waals surface area (Å²) in [5.41, 5.74) is 0.617. The standard InChI is InChI=1S/C19H24N6O/c26-19(15-10-24-7-1-2-16(24)20-15)25-8-13(11-3-4-11)14(9-25)18-21-17(22-23-18)12-5-6-12/h10-14H,1-9H2,(H,21,22,23)/t13-,14+/m1/s1. The number of carbonyl (C=O) groups excluding carboxylic acids is 1. The summed E-state index contributed by atoms with van der Waals surface area (Å²) in [6.07, 6.45) is 9.07. The fourth-order valence-corrected chi connectivity index (χ4v) is 4.78. The van der Waals surface area contributed by atoms with Crippen LogP contribution in [-0.2, 0) is 13.0 Å². The minimum absolute atomic E-state index is 0.0852. The lowest BCUT2D eigenvalue weighted by atomic mass is 9.91. The van der Waals surface area contributed by atoms with E-state index in [2.05, 4.69) is 19.7 Å². The van der Waals surface area contributed by atoms with E-state index in [1.807, 2.05) is 11.1 Å². The molecular weight excluding hydrogens is 328 g/mol. The molecule has 0 spiro atoms. The molecule has 2 aliphatic carbocycles. The van der Waals surface area contributed by atoms with Crippen molar-refractivity contribution in [1.82, 2.24) is 29.6 Å². The molecule has 26 heavy (non-hydrogen) atoms. The first-order chi connectivity index (χ1) is 12.8. The van der Waals surface area contributed by atoms with Crippen LogP contribution in [0.25, 0.3) is 0 Å². The van der Waals surface area contributed by atoms with Crippen LogP contribution in [0, 0.1) is 11.8 Å². The van der Waals surface area contributed by atoms with Crippen LogP contribution in [0.2, 0.25) is 0 Å². The first-order valence-electron chi connectivity index (χ1n) is 10.0. The molecule has 2 aromatic heterocycles. The second-order valence-electron chi connectivity index (χ2n) is 8.51. The van der Waals surface area contributed by atoms with E-state index in [4.69, 9.17) is 4.98 Å². The van der Waals surface area contributed by atoms with Crippen molar-refractivity contribution in [2.75, 3.05) is 13.1 Å². The SMILES string of the molecule is O=C(c1cn2c(n1)CCC2)N1C[C@H](c2nc(C3CC3)n[nH]2)[C@@H](C2CC2)C1. The average Bonchev–Trinajstić information content (AvgIpc) is 3.45. The fourth-order valence-electron chi connectivity index (χ4n) is 4.78. The van der Waals surface area contributed by atoms with Crippen molar-refractivity contribution in [1.29, 1.82) is 0 Å². The molecule has 0 unspecified atom stereocenters. The van der Waals surface area contributed by atoms with Crippen molar-refractivity contribution in [2.24, 2.45) is 11.8 Å². The van der Waals surface area contributed by atoms with Crippen LogP contribution in [0.15, 0.2) is 6.20 Å². The van der Waals surface area contributed by atoms with E-state index in [1.54, 1.807) is 0 Å². The third kappa shape index (κ3) is 2.40. The Morgan fingerprint density at radius 2 is 2.04 bits per heavy atom. The second-order valence-corrected chi connectivity index (χ2v) is 8.51. The average molecular weight is 352 g/mol. The van der Waals surface area contributed by atoms with E-state index < -0.39 is 0 Å². The fraction of sp³-hybridized carbons (Fsp3) is 0.684. The maximum atomic E-state index is 13.0. The summed E-state index contributed by atoms with van der Waals surface area (Å²) in [6.45, 7) is 2.56. The van der Waals surface area contributed by atoms with Gasteiger partial charge in [-0.05, 0) is 43.9 Å². The molecule has 0 aromatic carbocycles. The van der Waals surface area contributed by atoms with Gasteiger partial charge in [0.1, 0.15) is 17.3 Å². The molecule has 1 saturated heterocycles. The van der Waals surface area contributed by atoms with Gasteiger partial charge in [-0.3, -0.25) is 9.89 Å². The van der Waals surface area contributed by atoms with Crippen molar-refractivity contribution in [3.63, 3.8) is 0 Å². The molecule has 0 radical (unpaired) electrons. The monoisotopic (exact) mass is 352 g/mol. The van der Waals surface area contributed by atoms with Gasteiger partial charge in [0.2, 0.25) is 0 Å². The number of fused-ring (bicyclic) bond motifs is 1. The molecule has 1 N–H and O–H groups in total. The predicted octanol–water partition coefficient (Wildman–Crippen LogP) is 2.09. The molecule has 0 bridgehead atoms. The number of likely N-dealkylation sites (tertiary alicyclic amines) is 1. The van der Waals surface area contributed by atoms with Crippen molar-refractivity contribution in [3.05, 3.63) is 29.4 Å². The lowest BCUT2D eigenvalue weighted by molar-refractivity contribution is 0.0779. The quantitative estimate of drug-likeness (QED) is 0.914. The Bertz CT molecular complexity index is 840. The number of nitrogens with zero attached hydrogens (tertiary/aromatic N) is 5. The number of H-pyrrole nitrogens is 1. The highest BCUT2D eigenvalue weighted by molar-refractivity contribution is 5.92. The van der Waals surface area contributed by atoms with Crippen molar-refractivity contribution in [2.45, 2.75) is 56.9 Å². The molecule has 1 amide bonds. The zero-order chi connectivity index (χ0) is 17.3. The molecular formula is C19H24N6O. The maximum absolute atomic E-state index is 13.0. The Labute approximate surface area is 152 Å². The number of aromatic nitrogens is 5. The molecule has 3 fully saturated rings. The summed E-state index contributed by atoms with van der Waals surface area (Å²) in [4.78, 5) is 24.4. The van der Waals surface area contributed by atoms with E-state index >= 15 is 0 Å². The largest absolute Gasteiger partial charge is 0.336 e. The number of aryl methyl sites for hydroxylation is 2. The van der Waals surface area contributed by atoms with Gasteiger partial charge in [-0.2, -0.15) is 5.10 Å². The summed E-state index contributed by atoms with van der Waals surface area (Å²) in [5.74, 6) is 5.21. The van der Waals surface area contributed by atoms with Gasteiger partial charge in [-0.15, -0.1) is 0 Å². The van der Waals surface area contributed by atoms with E-state index in [0.717, 1.165) is 55.9 Å². The molecule has 2 atom stereocenters. The Kier molecular flexibility index (Phi) is 3.11. The van der Waals surface area contributed by atoms with Gasteiger partial charge in [-0.1, -0.05) is 0 Å². The lowest BCUT2D eigenvalue weighted by Gasteiger charge is -2.14. The van der Waals surface area contributed by atoms with Crippen molar-refractivity contribution in [3.8, 4) is 0 Å². The Morgan fingerprint density at radius 3 is 2.81 bits per heavy atom. The Hall–Kier alpha value is -2.18. The van der Waals surface area contributed by atoms with Gasteiger partial charge in [0, 0.05) is 44.1 Å². The highest BCUT2D eigenvalue weighted by atomic mass is 16.2. The molecule has 7 nitrogen and oxygen atoms in total. The van der Waals surface area contributed by atoms with Gasteiger partial charge >= 0.3 is 0 Å². The molecule has 6 rings (SSSR count). The summed E-state index contributed by atoms with van der Waals surface area (Å²) in [6, 6.07) is 0. The lowest BCUT2D eigenvalue weighted by Crippen LogP contribution is -2.29. The van der Waals surface area contributed by atoms with Crippen LogP contribution in [0.1, 0.15) is 71.9 Å². The van der Waals surface area contributed by atoms with Gasteiger partial charge in [0.05, 0.1) is 0 Å². The number of nitrogens with one attached hydrogen (secondary N) is 1. The third-order valence-corrected chi connectivity index (χ3v) is 6.57. The molecule has 136 valence electrons. The van der Waals surface area contributed by atoms with Crippen LogP contribution in [0.4, 0.5) is 0 Å². The summed E-state index contributed by atoms with van der Waals surface area (Å²) < 4.78 is 2.14.